The number of hydrogen-bond donors (Lipinski definition) is 1. The third-order valence-corrected chi connectivity index (χ3v) is 4.41. The SMILES string of the molecule is CCNC(c1ccc(F)c(C)c1)c1cc(Br)ccc1Br. The molecule has 0 aliphatic rings. The molecule has 0 aliphatic heterocycles. The van der Waals surface area contributed by atoms with Crippen LogP contribution in [0.3, 0.4) is 0 Å². The van der Waals surface area contributed by atoms with Gasteiger partial charge in [-0.1, -0.05) is 50.9 Å². The molecule has 2 aromatic rings. The fraction of sp³-hybridized carbons (Fsp3) is 0.250. The molecular weight excluding hydrogens is 385 g/mol. The number of aryl methyl sites for hydroxylation is 1. The maximum atomic E-state index is 13.5. The predicted octanol–water partition coefficient (Wildman–Crippen LogP) is 5.36. The second-order valence-corrected chi connectivity index (χ2v) is 6.44. The van der Waals surface area contributed by atoms with E-state index in [0.717, 1.165) is 26.6 Å². The molecule has 1 atom stereocenters. The molecule has 0 aromatic heterocycles. The van der Waals surface area contributed by atoms with Crippen molar-refractivity contribution in [1.82, 2.24) is 5.32 Å². The molecular formula is C16H16Br2FN. The average Bonchev–Trinajstić information content (AvgIpc) is 2.42. The maximum absolute atomic E-state index is 13.5. The van der Waals surface area contributed by atoms with Crippen molar-refractivity contribution < 1.29 is 4.39 Å². The van der Waals surface area contributed by atoms with Gasteiger partial charge in [-0.05, 0) is 54.4 Å². The highest BCUT2D eigenvalue weighted by Crippen LogP contribution is 2.31. The zero-order valence-corrected chi connectivity index (χ0v) is 14.6. The number of rotatable bonds is 4. The molecule has 0 radical (unpaired) electrons. The zero-order chi connectivity index (χ0) is 14.7. The Kier molecular flexibility index (Phi) is 5.35. The first kappa shape index (κ1) is 15.7. The molecule has 4 heteroatoms. The first-order valence-electron chi connectivity index (χ1n) is 6.47. The second-order valence-electron chi connectivity index (χ2n) is 4.67. The van der Waals surface area contributed by atoms with Crippen LogP contribution in [0.2, 0.25) is 0 Å². The van der Waals surface area contributed by atoms with E-state index >= 15 is 0 Å². The lowest BCUT2D eigenvalue weighted by Gasteiger charge is -2.21. The number of benzene rings is 2. The van der Waals surface area contributed by atoms with E-state index < -0.39 is 0 Å². The first-order chi connectivity index (χ1) is 9.52. The van der Waals surface area contributed by atoms with Crippen LogP contribution in [0.5, 0.6) is 0 Å². The van der Waals surface area contributed by atoms with Gasteiger partial charge in [0.25, 0.3) is 0 Å². The Hall–Kier alpha value is -0.710. The van der Waals surface area contributed by atoms with E-state index in [1.807, 2.05) is 24.3 Å². The normalized spacial score (nSPS) is 12.4. The van der Waals surface area contributed by atoms with E-state index in [1.165, 1.54) is 6.07 Å². The Morgan fingerprint density at radius 3 is 2.55 bits per heavy atom. The highest BCUT2D eigenvalue weighted by molar-refractivity contribution is 9.11. The fourth-order valence-corrected chi connectivity index (χ4v) is 3.05. The highest BCUT2D eigenvalue weighted by atomic mass is 79.9. The van der Waals surface area contributed by atoms with Gasteiger partial charge in [-0.3, -0.25) is 0 Å². The smallest absolute Gasteiger partial charge is 0.126 e. The fourth-order valence-electron chi connectivity index (χ4n) is 2.19. The number of nitrogens with one attached hydrogen (secondary N) is 1. The van der Waals surface area contributed by atoms with Crippen LogP contribution in [0.15, 0.2) is 45.3 Å². The third kappa shape index (κ3) is 3.48. The molecule has 1 nitrogen and oxygen atoms in total. The van der Waals surface area contributed by atoms with Crippen LogP contribution < -0.4 is 5.32 Å². The van der Waals surface area contributed by atoms with Crippen molar-refractivity contribution in [3.63, 3.8) is 0 Å². The first-order valence-corrected chi connectivity index (χ1v) is 8.06. The largest absolute Gasteiger partial charge is 0.306 e. The summed E-state index contributed by atoms with van der Waals surface area (Å²) in [7, 11) is 0. The van der Waals surface area contributed by atoms with Crippen molar-refractivity contribution >= 4 is 31.9 Å². The summed E-state index contributed by atoms with van der Waals surface area (Å²) in [6, 6.07) is 11.4. The summed E-state index contributed by atoms with van der Waals surface area (Å²) in [4.78, 5) is 0. The van der Waals surface area contributed by atoms with Gasteiger partial charge < -0.3 is 5.32 Å². The zero-order valence-electron chi connectivity index (χ0n) is 11.4. The quantitative estimate of drug-likeness (QED) is 0.728. The molecule has 0 bridgehead atoms. The monoisotopic (exact) mass is 399 g/mol. The van der Waals surface area contributed by atoms with Gasteiger partial charge in [0.2, 0.25) is 0 Å². The van der Waals surface area contributed by atoms with Gasteiger partial charge in [0, 0.05) is 8.95 Å². The summed E-state index contributed by atoms with van der Waals surface area (Å²) in [5, 5.41) is 3.46. The van der Waals surface area contributed by atoms with Crippen LogP contribution in [0.4, 0.5) is 4.39 Å². The van der Waals surface area contributed by atoms with Gasteiger partial charge in [0.05, 0.1) is 6.04 Å². The molecule has 0 heterocycles. The third-order valence-electron chi connectivity index (χ3n) is 3.19. The lowest BCUT2D eigenvalue weighted by atomic mass is 9.97. The summed E-state index contributed by atoms with van der Waals surface area (Å²) in [5.74, 6) is -0.169. The van der Waals surface area contributed by atoms with E-state index in [-0.39, 0.29) is 11.9 Å². The minimum Gasteiger partial charge on any atom is -0.306 e. The lowest BCUT2D eigenvalue weighted by Crippen LogP contribution is -2.22. The second kappa shape index (κ2) is 6.83. The van der Waals surface area contributed by atoms with Crippen LogP contribution in [-0.2, 0) is 0 Å². The molecule has 20 heavy (non-hydrogen) atoms. The molecule has 1 N–H and O–H groups in total. The van der Waals surface area contributed by atoms with Crippen LogP contribution in [-0.4, -0.2) is 6.54 Å². The van der Waals surface area contributed by atoms with Crippen molar-refractivity contribution in [3.8, 4) is 0 Å². The Morgan fingerprint density at radius 1 is 1.15 bits per heavy atom. The van der Waals surface area contributed by atoms with Crippen molar-refractivity contribution in [2.45, 2.75) is 19.9 Å². The molecule has 2 rings (SSSR count). The van der Waals surface area contributed by atoms with Crippen molar-refractivity contribution in [2.24, 2.45) is 0 Å². The summed E-state index contributed by atoms with van der Waals surface area (Å²) in [6.45, 7) is 4.69. The average molecular weight is 401 g/mol. The highest BCUT2D eigenvalue weighted by Gasteiger charge is 2.17. The topological polar surface area (TPSA) is 12.0 Å². The molecule has 0 spiro atoms. The molecule has 0 aliphatic carbocycles. The predicted molar refractivity (Wildman–Crippen MR) is 88.5 cm³/mol. The summed E-state index contributed by atoms with van der Waals surface area (Å²) in [6.07, 6.45) is 0. The molecule has 2 aromatic carbocycles. The molecule has 0 saturated heterocycles. The van der Waals surface area contributed by atoms with Gasteiger partial charge >= 0.3 is 0 Å². The lowest BCUT2D eigenvalue weighted by molar-refractivity contribution is 0.605. The van der Waals surface area contributed by atoms with E-state index in [2.05, 4.69) is 50.2 Å². The molecule has 0 saturated carbocycles. The van der Waals surface area contributed by atoms with Gasteiger partial charge in [-0.25, -0.2) is 4.39 Å². The standard InChI is InChI=1S/C16H16Br2FN/c1-3-20-16(11-4-7-15(19)10(2)8-11)13-9-12(17)5-6-14(13)18/h4-9,16,20H,3H2,1-2H3. The number of hydrogen-bond acceptors (Lipinski definition) is 1. The molecule has 106 valence electrons. The molecule has 0 fully saturated rings. The maximum Gasteiger partial charge on any atom is 0.126 e. The van der Waals surface area contributed by atoms with Gasteiger partial charge in [-0.2, -0.15) is 0 Å². The van der Waals surface area contributed by atoms with Crippen LogP contribution in [0.1, 0.15) is 29.7 Å². The Labute approximate surface area is 135 Å². The minimum atomic E-state index is -0.169. The van der Waals surface area contributed by atoms with E-state index in [9.17, 15) is 4.39 Å². The van der Waals surface area contributed by atoms with Crippen LogP contribution in [0, 0.1) is 12.7 Å². The van der Waals surface area contributed by atoms with Crippen LogP contribution in [0.25, 0.3) is 0 Å². The summed E-state index contributed by atoms with van der Waals surface area (Å²) >= 11 is 7.10. The van der Waals surface area contributed by atoms with Gasteiger partial charge in [-0.15, -0.1) is 0 Å². The Balaban J connectivity index is 2.49. The van der Waals surface area contributed by atoms with Gasteiger partial charge in [0.1, 0.15) is 5.82 Å². The Morgan fingerprint density at radius 2 is 1.90 bits per heavy atom. The number of halogens is 3. The molecule has 0 amide bonds. The van der Waals surface area contributed by atoms with Crippen molar-refractivity contribution in [3.05, 3.63) is 67.9 Å². The van der Waals surface area contributed by atoms with E-state index in [4.69, 9.17) is 0 Å². The van der Waals surface area contributed by atoms with Crippen molar-refractivity contribution in [1.29, 1.82) is 0 Å². The molecule has 1 unspecified atom stereocenters. The summed E-state index contributed by atoms with van der Waals surface area (Å²) < 4.78 is 15.5. The Bertz CT molecular complexity index is 613. The van der Waals surface area contributed by atoms with E-state index in [1.54, 1.807) is 6.92 Å². The van der Waals surface area contributed by atoms with Gasteiger partial charge in [0.15, 0.2) is 0 Å². The summed E-state index contributed by atoms with van der Waals surface area (Å²) in [5.41, 5.74) is 2.85. The van der Waals surface area contributed by atoms with E-state index in [0.29, 0.717) is 5.56 Å². The minimum absolute atomic E-state index is 0.0335. The van der Waals surface area contributed by atoms with Crippen LogP contribution >= 0.6 is 31.9 Å². The van der Waals surface area contributed by atoms with Crippen molar-refractivity contribution in [2.75, 3.05) is 6.54 Å².